The normalized spacial score (nSPS) is 26.8. The smallest absolute Gasteiger partial charge is 0.329 e. The van der Waals surface area contributed by atoms with Crippen LogP contribution in [0.15, 0.2) is 59.2 Å². The van der Waals surface area contributed by atoms with Crippen LogP contribution in [0.3, 0.4) is 0 Å². The van der Waals surface area contributed by atoms with Crippen LogP contribution in [-0.2, 0) is 32.0 Å². The summed E-state index contributed by atoms with van der Waals surface area (Å²) >= 11 is 0. The number of rotatable bonds is 3. The third kappa shape index (κ3) is 9.98. The number of oxazole rings is 1. The molecule has 0 radical (unpaired) electrons. The lowest BCUT2D eigenvalue weighted by atomic mass is 9.94. The van der Waals surface area contributed by atoms with Crippen molar-refractivity contribution >= 4 is 23.6 Å². The Kier molecular flexibility index (Phi) is 11.3. The number of aliphatic hydroxyl groups excluding tert-OH is 1. The number of esters is 1. The standard InChI is InChI=1S/C29H37N5O7/c1-17(2)27-19(4)7-8-25(37)31-9-5-6-18(3)10-21(35)12-22(36)13-26-33-24(15-40-26)28(38)34-23(29(39)41-27)11-20-14-30-16-32-20/h5-8,10,14-17,19,21,23,27,35H,9,11-13H2,1-4H3,(H,30,32)(H,31,37)(H,34,38)/b6-5+,8-7+,18-10+/t19-,21-,23?,27-/m1/s1. The summed E-state index contributed by atoms with van der Waals surface area (Å²) in [6.07, 6.45) is 10.2. The minimum absolute atomic E-state index is 0.00950. The van der Waals surface area contributed by atoms with Crippen molar-refractivity contribution in [2.45, 2.75) is 65.2 Å². The van der Waals surface area contributed by atoms with E-state index in [1.165, 1.54) is 24.7 Å². The first-order valence-electron chi connectivity index (χ1n) is 13.5. The van der Waals surface area contributed by atoms with Gasteiger partial charge in [-0.1, -0.05) is 50.6 Å². The number of nitrogens with one attached hydrogen (secondary N) is 3. The lowest BCUT2D eigenvalue weighted by Crippen LogP contribution is -2.46. The second kappa shape index (κ2) is 14.9. The molecule has 0 spiro atoms. The first-order chi connectivity index (χ1) is 19.5. The number of imidazole rings is 1. The summed E-state index contributed by atoms with van der Waals surface area (Å²) in [6.45, 7) is 7.65. The highest BCUT2D eigenvalue weighted by Gasteiger charge is 2.30. The fraction of sp³-hybridized carbons (Fsp3) is 0.448. The van der Waals surface area contributed by atoms with Crippen LogP contribution >= 0.6 is 0 Å². The van der Waals surface area contributed by atoms with Crippen molar-refractivity contribution in [2.75, 3.05) is 6.54 Å². The van der Waals surface area contributed by atoms with Crippen LogP contribution in [-0.4, -0.2) is 68.4 Å². The number of ketones is 1. The second-order valence-electron chi connectivity index (χ2n) is 10.3. The van der Waals surface area contributed by atoms with E-state index in [4.69, 9.17) is 9.15 Å². The van der Waals surface area contributed by atoms with E-state index in [0.29, 0.717) is 11.3 Å². The lowest BCUT2D eigenvalue weighted by Gasteiger charge is -2.28. The number of nitrogens with zero attached hydrogens (tertiary/aromatic N) is 2. The topological polar surface area (TPSA) is 177 Å². The predicted octanol–water partition coefficient (Wildman–Crippen LogP) is 1.99. The lowest BCUT2D eigenvalue weighted by molar-refractivity contribution is -0.155. The SMILES string of the molecule is CC1=C\[C@@H](O)CC(=O)Cc2nc(co2)C(=O)NC(Cc2cnc[nH]2)C(=O)O[C@H](C(C)C)[C@H](C)/C=C/C(=O)NC\C=C\1. The minimum Gasteiger partial charge on any atom is -0.460 e. The molecule has 41 heavy (non-hydrogen) atoms. The van der Waals surface area contributed by atoms with E-state index in [1.807, 2.05) is 20.8 Å². The maximum Gasteiger partial charge on any atom is 0.329 e. The summed E-state index contributed by atoms with van der Waals surface area (Å²) in [5.74, 6) is -2.42. The van der Waals surface area contributed by atoms with Crippen molar-refractivity contribution in [1.82, 2.24) is 25.6 Å². The van der Waals surface area contributed by atoms with Crippen LogP contribution in [0, 0.1) is 11.8 Å². The van der Waals surface area contributed by atoms with Crippen molar-refractivity contribution in [2.24, 2.45) is 11.8 Å². The number of carbonyl (C=O) groups is 4. The van der Waals surface area contributed by atoms with Crippen molar-refractivity contribution in [3.63, 3.8) is 0 Å². The summed E-state index contributed by atoms with van der Waals surface area (Å²) in [7, 11) is 0. The molecule has 2 amide bonds. The van der Waals surface area contributed by atoms with Gasteiger partial charge in [0.25, 0.3) is 5.91 Å². The number of allylic oxidation sites excluding steroid dienone is 2. The second-order valence-corrected chi connectivity index (χ2v) is 10.3. The predicted molar refractivity (Wildman–Crippen MR) is 148 cm³/mol. The highest BCUT2D eigenvalue weighted by Crippen LogP contribution is 2.20. The fourth-order valence-corrected chi connectivity index (χ4v) is 4.31. The molecule has 0 fully saturated rings. The van der Waals surface area contributed by atoms with Gasteiger partial charge in [0.2, 0.25) is 11.8 Å². The Morgan fingerprint density at radius 2 is 1.95 bits per heavy atom. The van der Waals surface area contributed by atoms with E-state index >= 15 is 0 Å². The van der Waals surface area contributed by atoms with Gasteiger partial charge < -0.3 is 29.9 Å². The Bertz CT molecular complexity index is 1290. The molecule has 0 aromatic carbocycles. The van der Waals surface area contributed by atoms with Crippen LogP contribution in [0.25, 0.3) is 0 Å². The van der Waals surface area contributed by atoms with Gasteiger partial charge in [-0.3, -0.25) is 14.4 Å². The molecule has 4 N–H and O–H groups in total. The van der Waals surface area contributed by atoms with Gasteiger partial charge >= 0.3 is 5.97 Å². The van der Waals surface area contributed by atoms with E-state index in [2.05, 4.69) is 25.6 Å². The minimum atomic E-state index is -1.09. The summed E-state index contributed by atoms with van der Waals surface area (Å²) in [6, 6.07) is -1.09. The summed E-state index contributed by atoms with van der Waals surface area (Å²) in [4.78, 5) is 62.1. The number of carbonyl (C=O) groups excluding carboxylic acids is 4. The van der Waals surface area contributed by atoms with Crippen molar-refractivity contribution in [3.8, 4) is 0 Å². The molecule has 12 heteroatoms. The molecule has 0 aliphatic carbocycles. The van der Waals surface area contributed by atoms with Crippen LogP contribution < -0.4 is 10.6 Å². The molecule has 0 saturated carbocycles. The van der Waals surface area contributed by atoms with Crippen LogP contribution in [0.5, 0.6) is 0 Å². The van der Waals surface area contributed by atoms with Crippen LogP contribution in [0.1, 0.15) is 56.2 Å². The summed E-state index contributed by atoms with van der Waals surface area (Å²) < 4.78 is 11.2. The van der Waals surface area contributed by atoms with Crippen molar-refractivity contribution in [3.05, 3.63) is 72.0 Å². The highest BCUT2D eigenvalue weighted by atomic mass is 16.5. The average molecular weight is 568 g/mol. The molecule has 220 valence electrons. The van der Waals surface area contributed by atoms with E-state index in [9.17, 15) is 24.3 Å². The number of Topliss-reactive ketones (excluding diaryl/α,β-unsaturated/α-hetero) is 1. The number of aromatic amines is 1. The highest BCUT2D eigenvalue weighted by molar-refractivity contribution is 5.95. The molecule has 3 heterocycles. The Balaban J connectivity index is 1.88. The maximum atomic E-state index is 13.4. The molecule has 0 saturated heterocycles. The first-order valence-corrected chi connectivity index (χ1v) is 13.5. The molecule has 1 unspecified atom stereocenters. The third-order valence-electron chi connectivity index (χ3n) is 6.35. The Labute approximate surface area is 238 Å². The largest absolute Gasteiger partial charge is 0.460 e. The quantitative estimate of drug-likeness (QED) is 0.404. The van der Waals surface area contributed by atoms with E-state index in [1.54, 1.807) is 25.2 Å². The Hall–Kier alpha value is -4.32. The van der Waals surface area contributed by atoms with Gasteiger partial charge in [-0.05, 0) is 18.9 Å². The molecular formula is C29H37N5O7. The zero-order chi connectivity index (χ0) is 29.9. The monoisotopic (exact) mass is 567 g/mol. The molecule has 2 aromatic heterocycles. The fourth-order valence-electron chi connectivity index (χ4n) is 4.31. The number of aliphatic hydroxyl groups is 1. The van der Waals surface area contributed by atoms with Gasteiger partial charge in [-0.2, -0.15) is 0 Å². The van der Waals surface area contributed by atoms with E-state index < -0.39 is 30.1 Å². The van der Waals surface area contributed by atoms with E-state index in [0.717, 1.165) is 6.26 Å². The van der Waals surface area contributed by atoms with Gasteiger partial charge in [0.05, 0.1) is 18.9 Å². The number of hydrogen-bond donors (Lipinski definition) is 4. The molecule has 1 aliphatic heterocycles. The molecule has 3 rings (SSSR count). The zero-order valence-corrected chi connectivity index (χ0v) is 23.6. The van der Waals surface area contributed by atoms with Crippen molar-refractivity contribution < 1.29 is 33.4 Å². The third-order valence-corrected chi connectivity index (χ3v) is 6.35. The molecule has 12 nitrogen and oxygen atoms in total. The van der Waals surface area contributed by atoms with Crippen molar-refractivity contribution in [1.29, 1.82) is 0 Å². The Morgan fingerprint density at radius 1 is 1.17 bits per heavy atom. The van der Waals surface area contributed by atoms with Gasteiger partial charge in [0, 0.05) is 37.2 Å². The molecule has 1 aliphatic rings. The first kappa shape index (κ1) is 31.2. The van der Waals surface area contributed by atoms with Crippen LogP contribution in [0.4, 0.5) is 0 Å². The zero-order valence-electron chi connectivity index (χ0n) is 23.6. The number of amides is 2. The van der Waals surface area contributed by atoms with E-state index in [-0.39, 0.29) is 60.9 Å². The number of aromatic nitrogens is 3. The van der Waals surface area contributed by atoms with Gasteiger partial charge in [0.15, 0.2) is 5.69 Å². The average Bonchev–Trinajstić information content (AvgIpc) is 3.59. The number of H-pyrrole nitrogens is 1. The number of hydrogen-bond acceptors (Lipinski definition) is 9. The molecule has 4 atom stereocenters. The van der Waals surface area contributed by atoms with Gasteiger partial charge in [0.1, 0.15) is 24.2 Å². The number of fused-ring (bicyclic) bond motifs is 2. The molecule has 2 bridgehead atoms. The summed E-state index contributed by atoms with van der Waals surface area (Å²) in [5.41, 5.74) is 1.19. The molecular weight excluding hydrogens is 530 g/mol. The van der Waals surface area contributed by atoms with Gasteiger partial charge in [-0.25, -0.2) is 14.8 Å². The van der Waals surface area contributed by atoms with Crippen LogP contribution in [0.2, 0.25) is 0 Å². The van der Waals surface area contributed by atoms with Gasteiger partial charge in [-0.15, -0.1) is 0 Å². The Morgan fingerprint density at radius 3 is 2.66 bits per heavy atom. The molecule has 2 aromatic rings. The summed E-state index contributed by atoms with van der Waals surface area (Å²) in [5, 5.41) is 15.7. The maximum absolute atomic E-state index is 13.4. The number of cyclic esters (lactones) is 1. The number of ether oxygens (including phenoxy) is 1.